The molecule has 1 amide bonds. The van der Waals surface area contributed by atoms with Crippen LogP contribution < -0.4 is 11.1 Å². The van der Waals surface area contributed by atoms with Crippen LogP contribution in [-0.4, -0.2) is 27.5 Å². The molecule has 1 aromatic heterocycles. The number of aromatic nitrogens is 1. The zero-order valence-corrected chi connectivity index (χ0v) is 12.3. The van der Waals surface area contributed by atoms with Crippen LogP contribution in [0.1, 0.15) is 48.3 Å². The van der Waals surface area contributed by atoms with Crippen LogP contribution in [0.4, 0.5) is 5.82 Å². The van der Waals surface area contributed by atoms with E-state index in [1.54, 1.807) is 33.8 Å². The number of rotatable bonds is 6. The number of nitrogens with zero attached hydrogens (tertiary/aromatic N) is 1. The number of primary amides is 1. The van der Waals surface area contributed by atoms with Gasteiger partial charge in [-0.1, -0.05) is 13.8 Å². The second kappa shape index (κ2) is 5.90. The molecule has 6 nitrogen and oxygen atoms in total. The number of nitrogens with one attached hydrogen (secondary N) is 1. The zero-order valence-electron chi connectivity index (χ0n) is 12.3. The summed E-state index contributed by atoms with van der Waals surface area (Å²) in [6.07, 6.45) is 0.734. The fourth-order valence-electron chi connectivity index (χ4n) is 2.25. The molecule has 0 bridgehead atoms. The highest BCUT2D eigenvalue weighted by Gasteiger charge is 2.36. The molecule has 0 atom stereocenters. The van der Waals surface area contributed by atoms with Gasteiger partial charge in [-0.3, -0.25) is 4.79 Å². The lowest BCUT2D eigenvalue weighted by molar-refractivity contribution is -0.142. The van der Waals surface area contributed by atoms with E-state index < -0.39 is 17.4 Å². The number of amides is 1. The highest BCUT2D eigenvalue weighted by Crippen LogP contribution is 2.26. The van der Waals surface area contributed by atoms with E-state index in [1.165, 1.54) is 0 Å². The Morgan fingerprint density at radius 2 is 1.90 bits per heavy atom. The maximum atomic E-state index is 11.6. The van der Waals surface area contributed by atoms with Gasteiger partial charge in [0.2, 0.25) is 0 Å². The molecule has 0 aliphatic heterocycles. The molecule has 4 N–H and O–H groups in total. The van der Waals surface area contributed by atoms with E-state index >= 15 is 0 Å². The molecule has 1 aromatic rings. The third-order valence-corrected chi connectivity index (χ3v) is 3.57. The minimum absolute atomic E-state index is 0.237. The maximum absolute atomic E-state index is 11.6. The fourth-order valence-corrected chi connectivity index (χ4v) is 2.25. The molecule has 1 rings (SSSR count). The van der Waals surface area contributed by atoms with Crippen LogP contribution in [0, 0.1) is 13.8 Å². The van der Waals surface area contributed by atoms with Crippen LogP contribution >= 0.6 is 0 Å². The van der Waals surface area contributed by atoms with Crippen molar-refractivity contribution in [1.82, 2.24) is 4.98 Å². The number of carbonyl (C=O) groups excluding carboxylic acids is 1. The van der Waals surface area contributed by atoms with Crippen molar-refractivity contribution in [1.29, 1.82) is 0 Å². The van der Waals surface area contributed by atoms with E-state index in [-0.39, 0.29) is 11.4 Å². The van der Waals surface area contributed by atoms with Crippen molar-refractivity contribution in [2.24, 2.45) is 5.73 Å². The maximum Gasteiger partial charge on any atom is 0.329 e. The Morgan fingerprint density at radius 1 is 1.35 bits per heavy atom. The fraction of sp³-hybridized carbons (Fsp3) is 0.500. The predicted molar refractivity (Wildman–Crippen MR) is 76.8 cm³/mol. The number of aryl methyl sites for hydroxylation is 2. The number of nitrogens with two attached hydrogens (primary N) is 1. The Labute approximate surface area is 118 Å². The number of aliphatic carboxylic acids is 1. The summed E-state index contributed by atoms with van der Waals surface area (Å²) in [4.78, 5) is 27.4. The molecule has 0 aliphatic carbocycles. The first-order valence-electron chi connectivity index (χ1n) is 6.57. The molecular formula is C14H21N3O3. The average molecular weight is 279 g/mol. The second-order valence-corrected chi connectivity index (χ2v) is 4.89. The van der Waals surface area contributed by atoms with Gasteiger partial charge in [-0.15, -0.1) is 0 Å². The van der Waals surface area contributed by atoms with Gasteiger partial charge in [0.25, 0.3) is 5.91 Å². The van der Waals surface area contributed by atoms with Crippen molar-refractivity contribution in [3.05, 3.63) is 22.9 Å². The van der Waals surface area contributed by atoms with Crippen LogP contribution in [0.2, 0.25) is 0 Å². The molecule has 20 heavy (non-hydrogen) atoms. The van der Waals surface area contributed by atoms with Gasteiger partial charge in [0.05, 0.1) is 5.56 Å². The topological polar surface area (TPSA) is 105 Å². The molecule has 0 aromatic carbocycles. The van der Waals surface area contributed by atoms with E-state index in [1.807, 2.05) is 0 Å². The van der Waals surface area contributed by atoms with Gasteiger partial charge in [-0.05, 0) is 38.3 Å². The summed E-state index contributed by atoms with van der Waals surface area (Å²) < 4.78 is 0. The van der Waals surface area contributed by atoms with Crippen LogP contribution in [0.15, 0.2) is 6.07 Å². The quantitative estimate of drug-likeness (QED) is 0.737. The molecule has 1 heterocycles. The summed E-state index contributed by atoms with van der Waals surface area (Å²) in [5.41, 5.74) is 5.84. The summed E-state index contributed by atoms with van der Waals surface area (Å²) in [5.74, 6) is -1.36. The van der Waals surface area contributed by atoms with Crippen molar-refractivity contribution in [3.63, 3.8) is 0 Å². The summed E-state index contributed by atoms with van der Waals surface area (Å²) in [5, 5.41) is 12.4. The second-order valence-electron chi connectivity index (χ2n) is 4.89. The standard InChI is InChI=1S/C14H21N3O3/c1-5-14(6-2,13(19)20)17-12-10(11(15)18)8(3)7-9(4)16-12/h7H,5-6H2,1-4H3,(H2,15,18)(H,16,17)(H,19,20). The Bertz CT molecular complexity index is 537. The van der Waals surface area contributed by atoms with E-state index in [9.17, 15) is 14.7 Å². The Morgan fingerprint density at radius 3 is 2.30 bits per heavy atom. The Balaban J connectivity index is 3.39. The van der Waals surface area contributed by atoms with Crippen LogP contribution in [0.25, 0.3) is 0 Å². The lowest BCUT2D eigenvalue weighted by Gasteiger charge is -2.29. The number of hydrogen-bond donors (Lipinski definition) is 3. The third kappa shape index (κ3) is 2.89. The number of pyridine rings is 1. The molecule has 0 radical (unpaired) electrons. The molecule has 0 saturated heterocycles. The number of carboxylic acid groups (broad SMARTS) is 1. The molecule has 110 valence electrons. The molecule has 6 heteroatoms. The number of hydrogen-bond acceptors (Lipinski definition) is 4. The first kappa shape index (κ1) is 15.9. The van der Waals surface area contributed by atoms with Gasteiger partial charge >= 0.3 is 5.97 Å². The number of anilines is 1. The van der Waals surface area contributed by atoms with E-state index in [0.717, 1.165) is 0 Å². The van der Waals surface area contributed by atoms with Crippen LogP contribution in [-0.2, 0) is 4.79 Å². The SMILES string of the molecule is CCC(CC)(Nc1nc(C)cc(C)c1C(N)=O)C(=O)O. The van der Waals surface area contributed by atoms with Gasteiger partial charge in [0.15, 0.2) is 0 Å². The van der Waals surface area contributed by atoms with Gasteiger partial charge < -0.3 is 16.2 Å². The Hall–Kier alpha value is -2.11. The first-order valence-corrected chi connectivity index (χ1v) is 6.57. The first-order chi connectivity index (χ1) is 9.27. The van der Waals surface area contributed by atoms with Crippen molar-refractivity contribution in [2.75, 3.05) is 5.32 Å². The zero-order chi connectivity index (χ0) is 15.5. The molecule has 0 saturated carbocycles. The molecule has 0 aliphatic rings. The predicted octanol–water partition coefficient (Wildman–Crippen LogP) is 1.85. The monoisotopic (exact) mass is 279 g/mol. The number of carbonyl (C=O) groups is 2. The average Bonchev–Trinajstić information content (AvgIpc) is 2.34. The third-order valence-electron chi connectivity index (χ3n) is 3.57. The molecule has 0 fully saturated rings. The molecular weight excluding hydrogens is 258 g/mol. The van der Waals surface area contributed by atoms with Gasteiger partial charge in [-0.25, -0.2) is 9.78 Å². The summed E-state index contributed by atoms with van der Waals surface area (Å²) >= 11 is 0. The van der Waals surface area contributed by atoms with E-state index in [0.29, 0.717) is 24.1 Å². The highest BCUT2D eigenvalue weighted by atomic mass is 16.4. The van der Waals surface area contributed by atoms with E-state index in [4.69, 9.17) is 5.73 Å². The number of carboxylic acids is 1. The largest absolute Gasteiger partial charge is 0.480 e. The lowest BCUT2D eigenvalue weighted by atomic mass is 9.92. The minimum atomic E-state index is -1.16. The normalized spacial score (nSPS) is 11.2. The smallest absolute Gasteiger partial charge is 0.329 e. The Kier molecular flexibility index (Phi) is 4.70. The van der Waals surface area contributed by atoms with Crippen molar-refractivity contribution >= 4 is 17.7 Å². The van der Waals surface area contributed by atoms with Crippen molar-refractivity contribution < 1.29 is 14.7 Å². The highest BCUT2D eigenvalue weighted by molar-refractivity contribution is 6.00. The van der Waals surface area contributed by atoms with Crippen LogP contribution in [0.5, 0.6) is 0 Å². The van der Waals surface area contributed by atoms with Crippen molar-refractivity contribution in [3.8, 4) is 0 Å². The molecule has 0 spiro atoms. The van der Waals surface area contributed by atoms with Gasteiger partial charge in [0.1, 0.15) is 11.4 Å². The van der Waals surface area contributed by atoms with Crippen LogP contribution in [0.3, 0.4) is 0 Å². The summed E-state index contributed by atoms with van der Waals surface area (Å²) in [7, 11) is 0. The minimum Gasteiger partial charge on any atom is -0.480 e. The van der Waals surface area contributed by atoms with Crippen molar-refractivity contribution in [2.45, 2.75) is 46.1 Å². The van der Waals surface area contributed by atoms with Gasteiger partial charge in [0, 0.05) is 5.69 Å². The van der Waals surface area contributed by atoms with E-state index in [2.05, 4.69) is 10.3 Å². The van der Waals surface area contributed by atoms with Gasteiger partial charge in [-0.2, -0.15) is 0 Å². The lowest BCUT2D eigenvalue weighted by Crippen LogP contribution is -2.46. The summed E-state index contributed by atoms with van der Waals surface area (Å²) in [6, 6.07) is 1.74. The summed E-state index contributed by atoms with van der Waals surface area (Å²) in [6.45, 7) is 7.08. The molecule has 0 unspecified atom stereocenters.